The van der Waals surface area contributed by atoms with E-state index in [-0.39, 0.29) is 18.0 Å². The van der Waals surface area contributed by atoms with Gasteiger partial charge >= 0.3 is 0 Å². The molecular weight excluding hydrogens is 403 g/mol. The van der Waals surface area contributed by atoms with Gasteiger partial charge in [-0.3, -0.25) is 0 Å². The number of hydrogen-bond acceptors (Lipinski definition) is 5. The lowest BCUT2D eigenvalue weighted by molar-refractivity contribution is -0.0819. The molecule has 156 valence electrons. The molecule has 0 saturated carbocycles. The van der Waals surface area contributed by atoms with Gasteiger partial charge in [-0.05, 0) is 53.4 Å². The van der Waals surface area contributed by atoms with Gasteiger partial charge in [0.15, 0.2) is 5.76 Å². The van der Waals surface area contributed by atoms with E-state index in [4.69, 9.17) is 4.74 Å². The lowest BCUT2D eigenvalue weighted by atomic mass is 9.93. The van der Waals surface area contributed by atoms with Gasteiger partial charge < -0.3 is 20.1 Å². The molecule has 2 aromatic carbocycles. The molecule has 3 N–H and O–H groups in total. The highest BCUT2D eigenvalue weighted by Gasteiger charge is 2.34. The second-order valence-electron chi connectivity index (χ2n) is 7.52. The maximum absolute atomic E-state index is 13.2. The molecule has 4 rings (SSSR count). The fourth-order valence-electron chi connectivity index (χ4n) is 3.64. The van der Waals surface area contributed by atoms with Gasteiger partial charge in [-0.15, -0.1) is 11.3 Å². The normalized spacial score (nSPS) is 22.8. The lowest BCUT2D eigenvalue weighted by Gasteiger charge is -2.33. The highest BCUT2D eigenvalue weighted by molar-refractivity contribution is 7.15. The van der Waals surface area contributed by atoms with Crippen LogP contribution < -0.4 is 0 Å². The molecule has 3 aromatic rings. The van der Waals surface area contributed by atoms with Crippen molar-refractivity contribution in [2.75, 3.05) is 0 Å². The highest BCUT2D eigenvalue weighted by Crippen LogP contribution is 2.35. The molecule has 6 heteroatoms. The monoisotopic (exact) mass is 426 g/mol. The predicted molar refractivity (Wildman–Crippen MR) is 115 cm³/mol. The number of thiophene rings is 1. The Morgan fingerprint density at radius 3 is 2.60 bits per heavy atom. The summed E-state index contributed by atoms with van der Waals surface area (Å²) in [6.45, 7) is 2.05. The van der Waals surface area contributed by atoms with Crippen LogP contribution in [0.25, 0.3) is 10.4 Å². The molecule has 0 radical (unpaired) electrons. The summed E-state index contributed by atoms with van der Waals surface area (Å²) in [5.74, 6) is -0.271. The molecule has 4 nitrogen and oxygen atoms in total. The van der Waals surface area contributed by atoms with Crippen molar-refractivity contribution in [1.29, 1.82) is 0 Å². The molecule has 3 atom stereocenters. The summed E-state index contributed by atoms with van der Waals surface area (Å²) in [4.78, 5) is 2.27. The van der Waals surface area contributed by atoms with Gasteiger partial charge in [0.25, 0.3) is 0 Å². The number of benzene rings is 2. The van der Waals surface area contributed by atoms with E-state index in [2.05, 4.69) is 12.1 Å². The van der Waals surface area contributed by atoms with Crippen LogP contribution in [0, 0.1) is 12.7 Å². The fourth-order valence-corrected chi connectivity index (χ4v) is 4.68. The molecule has 30 heavy (non-hydrogen) atoms. The molecule has 0 unspecified atom stereocenters. The van der Waals surface area contributed by atoms with Gasteiger partial charge in [-0.25, -0.2) is 4.39 Å². The van der Waals surface area contributed by atoms with Gasteiger partial charge in [0.1, 0.15) is 24.3 Å². The Balaban J connectivity index is 1.55. The van der Waals surface area contributed by atoms with Crippen LogP contribution in [0.2, 0.25) is 0 Å². The number of aliphatic hydroxyl groups is 3. The van der Waals surface area contributed by atoms with Gasteiger partial charge in [-0.2, -0.15) is 0 Å². The molecule has 0 spiro atoms. The second-order valence-corrected chi connectivity index (χ2v) is 8.69. The molecule has 0 aliphatic carbocycles. The lowest BCUT2D eigenvalue weighted by Crippen LogP contribution is -2.36. The third kappa shape index (κ3) is 4.26. The van der Waals surface area contributed by atoms with Crippen LogP contribution in [0.1, 0.15) is 34.1 Å². The van der Waals surface area contributed by atoms with Crippen molar-refractivity contribution in [3.8, 4) is 10.4 Å². The topological polar surface area (TPSA) is 69.9 Å². The van der Waals surface area contributed by atoms with Crippen molar-refractivity contribution in [2.45, 2.75) is 38.1 Å². The molecule has 0 bridgehead atoms. The first kappa shape index (κ1) is 20.6. The van der Waals surface area contributed by atoms with Crippen molar-refractivity contribution in [3.63, 3.8) is 0 Å². The Hall–Kier alpha value is -2.67. The maximum atomic E-state index is 13.2. The van der Waals surface area contributed by atoms with Gasteiger partial charge in [0.2, 0.25) is 0 Å². The summed E-state index contributed by atoms with van der Waals surface area (Å²) in [6, 6.07) is 16.6. The number of rotatable bonds is 4. The van der Waals surface area contributed by atoms with E-state index in [0.29, 0.717) is 6.26 Å². The zero-order chi connectivity index (χ0) is 21.3. The number of aryl methyl sites for hydroxylation is 1. The van der Waals surface area contributed by atoms with E-state index < -0.39 is 18.3 Å². The van der Waals surface area contributed by atoms with E-state index in [1.165, 1.54) is 17.0 Å². The standard InChI is InChI=1S/C24H23FO4S/c1-14-2-3-16(21-12-20(27)24(28)22(13-26)29-21)10-17(14)11-19-8-9-23(30-19)15-4-6-18(25)7-5-15/h2-10,13,20-21,24,26-28H,11-12H2,1H3/b22-13+/t20-,21-,24+/m1/s1. The number of halogens is 1. The minimum atomic E-state index is -1.22. The smallest absolute Gasteiger partial charge is 0.162 e. The Bertz CT molecular complexity index is 1060. The molecule has 1 aliphatic heterocycles. The first-order chi connectivity index (χ1) is 14.4. The summed E-state index contributed by atoms with van der Waals surface area (Å²) < 4.78 is 18.9. The molecule has 1 aliphatic rings. The van der Waals surface area contributed by atoms with E-state index in [1.807, 2.05) is 25.1 Å². The van der Waals surface area contributed by atoms with Crippen LogP contribution in [-0.2, 0) is 11.2 Å². The third-order valence-electron chi connectivity index (χ3n) is 5.42. The van der Waals surface area contributed by atoms with E-state index in [0.717, 1.165) is 33.6 Å². The summed E-state index contributed by atoms with van der Waals surface area (Å²) >= 11 is 1.67. The summed E-state index contributed by atoms with van der Waals surface area (Å²) in [5, 5.41) is 29.3. The number of hydrogen-bond donors (Lipinski definition) is 3. The highest BCUT2D eigenvalue weighted by atomic mass is 32.1. The van der Waals surface area contributed by atoms with Crippen molar-refractivity contribution in [3.05, 3.63) is 94.0 Å². The summed E-state index contributed by atoms with van der Waals surface area (Å²) in [6.07, 6.45) is -0.965. The molecule has 0 amide bonds. The van der Waals surface area contributed by atoms with E-state index in [1.54, 1.807) is 23.5 Å². The van der Waals surface area contributed by atoms with Crippen LogP contribution >= 0.6 is 11.3 Å². The van der Waals surface area contributed by atoms with Crippen LogP contribution in [0.3, 0.4) is 0 Å². The maximum Gasteiger partial charge on any atom is 0.162 e. The molecular formula is C24H23FO4S. The molecule has 2 heterocycles. The minimum Gasteiger partial charge on any atom is -0.512 e. The van der Waals surface area contributed by atoms with Crippen LogP contribution in [-0.4, -0.2) is 27.5 Å². The van der Waals surface area contributed by atoms with Crippen molar-refractivity contribution < 1.29 is 24.4 Å². The zero-order valence-electron chi connectivity index (χ0n) is 16.5. The SMILES string of the molecule is Cc1ccc([C@H]2C[C@@H](O)[C@H](O)/C(=C\O)O2)cc1Cc1ccc(-c2ccc(F)cc2)s1. The Morgan fingerprint density at radius 2 is 1.87 bits per heavy atom. The fraction of sp³-hybridized carbons (Fsp3) is 0.250. The van der Waals surface area contributed by atoms with Crippen molar-refractivity contribution in [1.82, 2.24) is 0 Å². The number of aliphatic hydroxyl groups excluding tert-OH is 3. The number of ether oxygens (including phenoxy) is 1. The van der Waals surface area contributed by atoms with Crippen LogP contribution in [0.15, 0.2) is 66.6 Å². The van der Waals surface area contributed by atoms with E-state index >= 15 is 0 Å². The van der Waals surface area contributed by atoms with Crippen LogP contribution in [0.5, 0.6) is 0 Å². The van der Waals surface area contributed by atoms with Crippen LogP contribution in [0.4, 0.5) is 4.39 Å². The van der Waals surface area contributed by atoms with Gasteiger partial charge in [0.05, 0.1) is 6.10 Å². The quantitative estimate of drug-likeness (QED) is 0.512. The summed E-state index contributed by atoms with van der Waals surface area (Å²) in [7, 11) is 0. The molecule has 1 aromatic heterocycles. The third-order valence-corrected chi connectivity index (χ3v) is 6.55. The second kappa shape index (κ2) is 8.60. The van der Waals surface area contributed by atoms with Gasteiger partial charge in [0, 0.05) is 22.6 Å². The summed E-state index contributed by atoms with van der Waals surface area (Å²) in [5.41, 5.74) is 4.16. The Labute approximate surface area is 178 Å². The average molecular weight is 427 g/mol. The predicted octanol–water partition coefficient (Wildman–Crippen LogP) is 5.04. The van der Waals surface area contributed by atoms with Crippen molar-refractivity contribution in [2.24, 2.45) is 0 Å². The van der Waals surface area contributed by atoms with E-state index in [9.17, 15) is 19.7 Å². The average Bonchev–Trinajstić information content (AvgIpc) is 3.20. The first-order valence-electron chi connectivity index (χ1n) is 9.75. The first-order valence-corrected chi connectivity index (χ1v) is 10.6. The zero-order valence-corrected chi connectivity index (χ0v) is 17.3. The minimum absolute atomic E-state index is 0.0249. The Morgan fingerprint density at radius 1 is 1.10 bits per heavy atom. The molecule has 1 saturated heterocycles. The van der Waals surface area contributed by atoms with Gasteiger partial charge in [-0.1, -0.05) is 30.3 Å². The Kier molecular flexibility index (Phi) is 5.90. The van der Waals surface area contributed by atoms with Crippen molar-refractivity contribution >= 4 is 11.3 Å². The molecule has 1 fully saturated rings. The largest absolute Gasteiger partial charge is 0.512 e.